The second-order valence-electron chi connectivity index (χ2n) is 8.35. The van der Waals surface area contributed by atoms with Gasteiger partial charge in [0.05, 0.1) is 19.2 Å². The highest BCUT2D eigenvalue weighted by Crippen LogP contribution is 2.37. The Hall–Kier alpha value is -3.64. The van der Waals surface area contributed by atoms with Gasteiger partial charge in [0, 0.05) is 30.2 Å². The number of fused-ring (bicyclic) bond motifs is 1. The first-order valence-corrected chi connectivity index (χ1v) is 11.9. The van der Waals surface area contributed by atoms with Gasteiger partial charge in [-0.25, -0.2) is 4.98 Å². The van der Waals surface area contributed by atoms with Crippen LogP contribution in [0.1, 0.15) is 39.4 Å². The molecule has 8 nitrogen and oxygen atoms in total. The first-order valence-electron chi connectivity index (χ1n) is 11.1. The molecule has 0 aliphatic carbocycles. The van der Waals surface area contributed by atoms with Crippen molar-refractivity contribution < 1.29 is 14.3 Å². The standard InChI is InChI=1S/C25H27N5O3S/c1-16-4-6-21(33-3)18(12-16)5-7-23(31)28-25-20(13-26)19-8-10-30(14-22(19)34-25)24(32)15-29-11-9-27-17(29)2/h4,6,9,11-12H,5,7-8,10,14-15H2,1-3H3,(H,28,31). The van der Waals surface area contributed by atoms with Gasteiger partial charge in [-0.05, 0) is 43.9 Å². The van der Waals surface area contributed by atoms with Crippen LogP contribution in [0.15, 0.2) is 30.6 Å². The van der Waals surface area contributed by atoms with E-state index < -0.39 is 0 Å². The van der Waals surface area contributed by atoms with Crippen LogP contribution in [-0.4, -0.2) is 39.9 Å². The SMILES string of the molecule is COc1ccc(C)cc1CCC(=O)Nc1sc2c(c1C#N)CCN(C(=O)Cn1ccnc1C)C2. The van der Waals surface area contributed by atoms with Crippen LogP contribution < -0.4 is 10.1 Å². The molecule has 1 aromatic carbocycles. The second kappa shape index (κ2) is 10.1. The van der Waals surface area contributed by atoms with Gasteiger partial charge in [0.25, 0.3) is 0 Å². The number of aromatic nitrogens is 2. The number of nitrogens with zero attached hydrogens (tertiary/aromatic N) is 4. The molecular formula is C25H27N5O3S. The van der Waals surface area contributed by atoms with Crippen LogP contribution in [0.25, 0.3) is 0 Å². The number of benzene rings is 1. The number of imidazole rings is 1. The van der Waals surface area contributed by atoms with Crippen LogP contribution in [0.4, 0.5) is 5.00 Å². The number of aryl methyl sites for hydroxylation is 3. The van der Waals surface area contributed by atoms with Crippen LogP contribution in [0.3, 0.4) is 0 Å². The number of ether oxygens (including phenoxy) is 1. The molecule has 34 heavy (non-hydrogen) atoms. The zero-order valence-corrected chi connectivity index (χ0v) is 20.4. The van der Waals surface area contributed by atoms with Crippen LogP contribution in [0, 0.1) is 25.2 Å². The van der Waals surface area contributed by atoms with E-state index in [-0.39, 0.29) is 24.8 Å². The van der Waals surface area contributed by atoms with Crippen LogP contribution in [-0.2, 0) is 35.5 Å². The highest BCUT2D eigenvalue weighted by atomic mass is 32.1. The third kappa shape index (κ3) is 4.97. The number of rotatable bonds is 7. The number of thiophene rings is 1. The van der Waals surface area contributed by atoms with E-state index in [4.69, 9.17) is 4.74 Å². The van der Waals surface area contributed by atoms with E-state index in [1.165, 1.54) is 11.3 Å². The number of methoxy groups -OCH3 is 1. The van der Waals surface area contributed by atoms with E-state index >= 15 is 0 Å². The maximum Gasteiger partial charge on any atom is 0.242 e. The Morgan fingerprint density at radius 2 is 2.15 bits per heavy atom. The van der Waals surface area contributed by atoms with Crippen molar-refractivity contribution in [2.24, 2.45) is 0 Å². The largest absolute Gasteiger partial charge is 0.496 e. The summed E-state index contributed by atoms with van der Waals surface area (Å²) in [6.45, 7) is 5.10. The number of carbonyl (C=O) groups excluding carboxylic acids is 2. The third-order valence-corrected chi connectivity index (χ3v) is 7.19. The highest BCUT2D eigenvalue weighted by molar-refractivity contribution is 7.16. The van der Waals surface area contributed by atoms with Gasteiger partial charge in [-0.15, -0.1) is 11.3 Å². The number of amides is 2. The fourth-order valence-electron chi connectivity index (χ4n) is 4.18. The molecule has 0 unspecified atom stereocenters. The predicted octanol–water partition coefficient (Wildman–Crippen LogP) is 3.60. The first kappa shape index (κ1) is 23.5. The average molecular weight is 478 g/mol. The molecule has 176 valence electrons. The molecule has 1 aliphatic rings. The summed E-state index contributed by atoms with van der Waals surface area (Å²) in [6, 6.07) is 8.16. The van der Waals surface area contributed by atoms with E-state index in [9.17, 15) is 14.9 Å². The van der Waals surface area contributed by atoms with Gasteiger partial charge in [-0.2, -0.15) is 5.26 Å². The van der Waals surface area contributed by atoms with Gasteiger partial charge >= 0.3 is 0 Å². The van der Waals surface area contributed by atoms with Crippen LogP contribution >= 0.6 is 11.3 Å². The summed E-state index contributed by atoms with van der Waals surface area (Å²) in [5, 5.41) is 13.3. The Morgan fingerprint density at radius 3 is 2.85 bits per heavy atom. The van der Waals surface area contributed by atoms with E-state index in [0.717, 1.165) is 33.1 Å². The zero-order valence-electron chi connectivity index (χ0n) is 19.6. The summed E-state index contributed by atoms with van der Waals surface area (Å²) in [6.07, 6.45) is 4.89. The fraction of sp³-hybridized carbons (Fsp3) is 0.360. The molecule has 0 spiro atoms. The molecule has 2 amide bonds. The van der Waals surface area contributed by atoms with Crippen molar-refractivity contribution in [1.29, 1.82) is 5.26 Å². The summed E-state index contributed by atoms with van der Waals surface area (Å²) < 4.78 is 7.22. The Morgan fingerprint density at radius 1 is 1.32 bits per heavy atom. The predicted molar refractivity (Wildman–Crippen MR) is 130 cm³/mol. The number of anilines is 1. The Labute approximate surface area is 202 Å². The average Bonchev–Trinajstić information content (AvgIpc) is 3.39. The van der Waals surface area contributed by atoms with Crippen molar-refractivity contribution in [2.45, 2.75) is 46.2 Å². The maximum absolute atomic E-state index is 12.8. The molecule has 3 heterocycles. The topological polar surface area (TPSA) is 100 Å². The summed E-state index contributed by atoms with van der Waals surface area (Å²) in [7, 11) is 1.62. The van der Waals surface area contributed by atoms with Gasteiger partial charge in [0.1, 0.15) is 29.2 Å². The van der Waals surface area contributed by atoms with Crippen LogP contribution in [0.2, 0.25) is 0 Å². The normalized spacial score (nSPS) is 12.7. The Kier molecular flexibility index (Phi) is 6.98. The maximum atomic E-state index is 12.8. The lowest BCUT2D eigenvalue weighted by atomic mass is 10.0. The molecule has 1 N–H and O–H groups in total. The van der Waals surface area contributed by atoms with Crippen molar-refractivity contribution in [1.82, 2.24) is 14.5 Å². The lowest BCUT2D eigenvalue weighted by Gasteiger charge is -2.27. The molecular weight excluding hydrogens is 450 g/mol. The summed E-state index contributed by atoms with van der Waals surface area (Å²) >= 11 is 1.39. The monoisotopic (exact) mass is 477 g/mol. The van der Waals surface area contributed by atoms with Crippen molar-refractivity contribution in [2.75, 3.05) is 19.0 Å². The third-order valence-electron chi connectivity index (χ3n) is 6.06. The summed E-state index contributed by atoms with van der Waals surface area (Å²) in [5.74, 6) is 1.42. The van der Waals surface area contributed by atoms with Gasteiger partial charge in [0.2, 0.25) is 11.8 Å². The molecule has 4 rings (SSSR count). The first-order chi connectivity index (χ1) is 16.4. The number of nitriles is 1. The van der Waals surface area contributed by atoms with Crippen molar-refractivity contribution in [3.05, 3.63) is 63.5 Å². The highest BCUT2D eigenvalue weighted by Gasteiger charge is 2.27. The van der Waals surface area contributed by atoms with Gasteiger partial charge in [-0.3, -0.25) is 9.59 Å². The molecule has 2 aromatic heterocycles. The lowest BCUT2D eigenvalue weighted by Crippen LogP contribution is -2.37. The van der Waals surface area contributed by atoms with Crippen molar-refractivity contribution in [3.8, 4) is 11.8 Å². The molecule has 0 bridgehead atoms. The minimum atomic E-state index is -0.151. The minimum absolute atomic E-state index is 0.0105. The van der Waals surface area contributed by atoms with Crippen LogP contribution in [0.5, 0.6) is 5.75 Å². The molecule has 9 heteroatoms. The van der Waals surface area contributed by atoms with Crippen molar-refractivity contribution >= 4 is 28.2 Å². The number of hydrogen-bond acceptors (Lipinski definition) is 6. The van der Waals surface area contributed by atoms with E-state index in [1.54, 1.807) is 24.4 Å². The Balaban J connectivity index is 1.42. The van der Waals surface area contributed by atoms with E-state index in [2.05, 4.69) is 16.4 Å². The van der Waals surface area contributed by atoms with Gasteiger partial charge in [-0.1, -0.05) is 17.7 Å². The molecule has 0 atom stereocenters. The van der Waals surface area contributed by atoms with E-state index in [1.807, 2.05) is 36.6 Å². The second-order valence-corrected chi connectivity index (χ2v) is 9.46. The minimum Gasteiger partial charge on any atom is -0.496 e. The fourth-order valence-corrected chi connectivity index (χ4v) is 5.41. The lowest BCUT2D eigenvalue weighted by molar-refractivity contribution is -0.132. The van der Waals surface area contributed by atoms with Gasteiger partial charge in [0.15, 0.2) is 0 Å². The van der Waals surface area contributed by atoms with Gasteiger partial charge < -0.3 is 19.5 Å². The molecule has 0 saturated carbocycles. The summed E-state index contributed by atoms with van der Waals surface area (Å²) in [5.41, 5.74) is 3.53. The molecule has 1 aliphatic heterocycles. The molecule has 0 fully saturated rings. The van der Waals surface area contributed by atoms with Crippen molar-refractivity contribution in [3.63, 3.8) is 0 Å². The molecule has 0 radical (unpaired) electrons. The molecule has 3 aromatic rings. The number of hydrogen-bond donors (Lipinski definition) is 1. The van der Waals surface area contributed by atoms with E-state index in [0.29, 0.717) is 36.5 Å². The zero-order chi connectivity index (χ0) is 24.2. The molecule has 0 saturated heterocycles. The smallest absolute Gasteiger partial charge is 0.242 e. The summed E-state index contributed by atoms with van der Waals surface area (Å²) in [4.78, 5) is 32.4. The number of carbonyl (C=O) groups is 2. The number of nitrogens with one attached hydrogen (secondary N) is 1. The Bertz CT molecular complexity index is 1270. The quantitative estimate of drug-likeness (QED) is 0.560.